The van der Waals surface area contributed by atoms with Gasteiger partial charge in [-0.1, -0.05) is 46.3 Å². The van der Waals surface area contributed by atoms with Gasteiger partial charge in [0.25, 0.3) is 0 Å². The Bertz CT molecular complexity index is 293. The molecule has 19 heavy (non-hydrogen) atoms. The summed E-state index contributed by atoms with van der Waals surface area (Å²) in [5.41, 5.74) is 0.594. The van der Waals surface area contributed by atoms with Gasteiger partial charge in [0.05, 0.1) is 7.11 Å². The first kappa shape index (κ1) is 19.8. The number of carboxylic acids is 1. The molecular weight excluding hydrogens is 244 g/mol. The van der Waals surface area contributed by atoms with Crippen LogP contribution < -0.4 is 0 Å². The van der Waals surface area contributed by atoms with Crippen molar-refractivity contribution in [2.24, 2.45) is 5.92 Å². The number of carbonyl (C=O) groups is 2. The Labute approximate surface area is 116 Å². The van der Waals surface area contributed by atoms with Gasteiger partial charge in [0.2, 0.25) is 0 Å². The molecule has 0 radical (unpaired) electrons. The molecule has 1 N–H and O–H groups in total. The number of ether oxygens (including phenoxy) is 1. The number of carbonyl (C=O) groups excluding carboxylic acids is 1. The van der Waals surface area contributed by atoms with Crippen LogP contribution in [0.5, 0.6) is 0 Å². The molecule has 0 atom stereocenters. The Hall–Kier alpha value is -1.58. The molecule has 0 aliphatic carbocycles. The minimum Gasteiger partial charge on any atom is -0.478 e. The molecule has 0 fully saturated rings. The summed E-state index contributed by atoms with van der Waals surface area (Å²) in [7, 11) is 1.40. The monoisotopic (exact) mass is 270 g/mol. The number of esters is 1. The molecule has 0 heterocycles. The summed E-state index contributed by atoms with van der Waals surface area (Å²) >= 11 is 0. The minimum absolute atomic E-state index is 0.270. The second-order valence-electron chi connectivity index (χ2n) is 4.63. The molecule has 110 valence electrons. The van der Waals surface area contributed by atoms with Crippen molar-refractivity contribution in [3.63, 3.8) is 0 Å². The maximum absolute atomic E-state index is 11.0. The predicted molar refractivity (Wildman–Crippen MR) is 76.9 cm³/mol. The van der Waals surface area contributed by atoms with Crippen molar-refractivity contribution in [1.82, 2.24) is 0 Å². The number of methoxy groups -OCH3 is 1. The lowest BCUT2D eigenvalue weighted by molar-refractivity contribution is -0.136. The number of rotatable bonds is 8. The molecule has 0 aliphatic heterocycles. The molecule has 0 rings (SSSR count). The first-order valence-electron chi connectivity index (χ1n) is 6.46. The molecule has 0 unspecified atom stereocenters. The summed E-state index contributed by atoms with van der Waals surface area (Å²) in [5, 5.41) is 7.60. The van der Waals surface area contributed by atoms with Crippen LogP contribution in [0.25, 0.3) is 0 Å². The molecule has 0 aromatic rings. The predicted octanol–water partition coefficient (Wildman–Crippen LogP) is 3.58. The number of aliphatic carboxylic acids is 1. The van der Waals surface area contributed by atoms with Gasteiger partial charge in [-0.3, -0.25) is 0 Å². The van der Waals surface area contributed by atoms with E-state index in [0.29, 0.717) is 5.57 Å². The Balaban J connectivity index is 0. The van der Waals surface area contributed by atoms with E-state index in [1.165, 1.54) is 26.4 Å². The summed E-state index contributed by atoms with van der Waals surface area (Å²) in [4.78, 5) is 20.2. The van der Waals surface area contributed by atoms with Gasteiger partial charge >= 0.3 is 11.9 Å². The molecule has 0 saturated heterocycles. The lowest BCUT2D eigenvalue weighted by Gasteiger charge is -2.05. The van der Waals surface area contributed by atoms with Gasteiger partial charge in [-0.25, -0.2) is 9.59 Å². The fourth-order valence-corrected chi connectivity index (χ4v) is 1.31. The van der Waals surface area contributed by atoms with Crippen LogP contribution in [0, 0.1) is 5.92 Å². The molecule has 0 amide bonds. The summed E-state index contributed by atoms with van der Waals surface area (Å²) in [5.74, 6) is -0.474. The van der Waals surface area contributed by atoms with E-state index in [1.807, 2.05) is 0 Å². The van der Waals surface area contributed by atoms with Gasteiger partial charge in [0.15, 0.2) is 0 Å². The van der Waals surface area contributed by atoms with Gasteiger partial charge in [0, 0.05) is 11.6 Å². The third kappa shape index (κ3) is 16.4. The van der Waals surface area contributed by atoms with Crippen molar-refractivity contribution in [1.29, 1.82) is 0 Å². The van der Waals surface area contributed by atoms with Gasteiger partial charge in [0.1, 0.15) is 0 Å². The third-order valence-corrected chi connectivity index (χ3v) is 2.41. The van der Waals surface area contributed by atoms with E-state index in [9.17, 15) is 9.59 Å². The van der Waals surface area contributed by atoms with E-state index < -0.39 is 5.97 Å². The molecule has 0 spiro atoms. The van der Waals surface area contributed by atoms with E-state index >= 15 is 0 Å². The molecule has 0 aromatic carbocycles. The van der Waals surface area contributed by atoms with Gasteiger partial charge in [-0.05, 0) is 18.8 Å². The minimum atomic E-state index is -0.981. The fraction of sp³-hybridized carbons (Fsp3) is 0.600. The molecule has 0 aromatic heterocycles. The van der Waals surface area contributed by atoms with Crippen LogP contribution >= 0.6 is 0 Å². The van der Waals surface area contributed by atoms with Gasteiger partial charge in [-0.15, -0.1) is 0 Å². The number of hydrogen-bond acceptors (Lipinski definition) is 3. The molecule has 0 saturated carbocycles. The topological polar surface area (TPSA) is 63.6 Å². The largest absolute Gasteiger partial charge is 0.478 e. The van der Waals surface area contributed by atoms with E-state index in [4.69, 9.17) is 5.11 Å². The average molecular weight is 270 g/mol. The molecule has 4 heteroatoms. The number of unbranched alkanes of at least 4 members (excludes halogenated alkanes) is 2. The summed E-state index contributed by atoms with van der Waals surface area (Å²) in [6, 6.07) is 0. The van der Waals surface area contributed by atoms with Crippen LogP contribution in [0.1, 0.15) is 46.0 Å². The molecular formula is C15H26O4. The highest BCUT2D eigenvalue weighted by atomic mass is 16.5. The van der Waals surface area contributed by atoms with Gasteiger partial charge in [-0.2, -0.15) is 0 Å². The quantitative estimate of drug-likeness (QED) is 0.416. The van der Waals surface area contributed by atoms with Crippen LogP contribution in [0.3, 0.4) is 0 Å². The molecule has 4 nitrogen and oxygen atoms in total. The van der Waals surface area contributed by atoms with Crippen molar-refractivity contribution in [3.05, 3.63) is 24.8 Å². The van der Waals surface area contributed by atoms with Crippen molar-refractivity contribution < 1.29 is 19.4 Å². The standard InChI is InChI=1S/C12H22O2.C3H4O2/c1-10(2)8-6-5-7-9-11(3)12(13)14-4;1-2-3(4)5/h10H,3,5-9H2,1-2,4H3;2H,1H2,(H,4,5). The van der Waals surface area contributed by atoms with E-state index in [-0.39, 0.29) is 5.97 Å². The second kappa shape index (κ2) is 12.9. The van der Waals surface area contributed by atoms with Crippen molar-refractivity contribution in [2.75, 3.05) is 7.11 Å². The van der Waals surface area contributed by atoms with Crippen LogP contribution in [-0.4, -0.2) is 24.2 Å². The maximum Gasteiger partial charge on any atom is 0.333 e. The van der Waals surface area contributed by atoms with Gasteiger partial charge < -0.3 is 9.84 Å². The Kier molecular flexibility index (Phi) is 13.4. The van der Waals surface area contributed by atoms with Crippen LogP contribution in [0.4, 0.5) is 0 Å². The van der Waals surface area contributed by atoms with Crippen molar-refractivity contribution in [3.8, 4) is 0 Å². The summed E-state index contributed by atoms with van der Waals surface area (Å²) < 4.78 is 4.57. The average Bonchev–Trinajstić information content (AvgIpc) is 2.37. The Morgan fingerprint density at radius 1 is 1.26 bits per heavy atom. The van der Waals surface area contributed by atoms with E-state index in [2.05, 4.69) is 31.7 Å². The number of carboxylic acid groups (broad SMARTS) is 1. The normalized spacial score (nSPS) is 9.26. The smallest absolute Gasteiger partial charge is 0.333 e. The summed E-state index contributed by atoms with van der Waals surface area (Å²) in [6.45, 7) is 11.1. The third-order valence-electron chi connectivity index (χ3n) is 2.41. The summed E-state index contributed by atoms with van der Waals surface area (Å²) in [6.07, 6.45) is 6.33. The fourth-order valence-electron chi connectivity index (χ4n) is 1.31. The Morgan fingerprint density at radius 3 is 2.16 bits per heavy atom. The lowest BCUT2D eigenvalue weighted by atomic mass is 10.0. The highest BCUT2D eigenvalue weighted by Gasteiger charge is 2.05. The van der Waals surface area contributed by atoms with Crippen LogP contribution in [-0.2, 0) is 14.3 Å². The number of hydrogen-bond donors (Lipinski definition) is 1. The second-order valence-corrected chi connectivity index (χ2v) is 4.63. The zero-order chi connectivity index (χ0) is 15.3. The zero-order valence-corrected chi connectivity index (χ0v) is 12.3. The first-order chi connectivity index (χ1) is 8.84. The van der Waals surface area contributed by atoms with Crippen LogP contribution in [0.2, 0.25) is 0 Å². The van der Waals surface area contributed by atoms with Crippen molar-refractivity contribution in [2.45, 2.75) is 46.0 Å². The Morgan fingerprint density at radius 2 is 1.79 bits per heavy atom. The first-order valence-corrected chi connectivity index (χ1v) is 6.46. The molecule has 0 bridgehead atoms. The van der Waals surface area contributed by atoms with E-state index in [0.717, 1.165) is 24.8 Å². The highest BCUT2D eigenvalue weighted by molar-refractivity contribution is 5.87. The zero-order valence-electron chi connectivity index (χ0n) is 12.3. The SMILES string of the molecule is C=C(CCCCCC(C)C)C(=O)OC.C=CC(=O)O. The van der Waals surface area contributed by atoms with E-state index in [1.54, 1.807) is 0 Å². The van der Waals surface area contributed by atoms with Crippen LogP contribution in [0.15, 0.2) is 24.8 Å². The lowest BCUT2D eigenvalue weighted by Crippen LogP contribution is -2.03. The van der Waals surface area contributed by atoms with Crippen molar-refractivity contribution >= 4 is 11.9 Å². The maximum atomic E-state index is 11.0. The molecule has 0 aliphatic rings. The highest BCUT2D eigenvalue weighted by Crippen LogP contribution is 2.12.